The van der Waals surface area contributed by atoms with Gasteiger partial charge in [0.1, 0.15) is 11.6 Å². The molecule has 1 saturated heterocycles. The molecular weight excluding hydrogens is 282 g/mol. The standard InChI is InChI=1S/C15H22F2N2.ClH/c1-11(14-9-13(16)3-4-15(14)17)19(2)10-12-5-7-18-8-6-12;/h3-4,9,11-12,18H,5-8,10H2,1-2H3;1H. The fourth-order valence-corrected chi connectivity index (χ4v) is 2.70. The van der Waals surface area contributed by atoms with Crippen LogP contribution >= 0.6 is 12.4 Å². The van der Waals surface area contributed by atoms with E-state index in [0.29, 0.717) is 11.5 Å². The number of nitrogens with zero attached hydrogens (tertiary/aromatic N) is 1. The van der Waals surface area contributed by atoms with Crippen molar-refractivity contribution in [2.24, 2.45) is 5.92 Å². The van der Waals surface area contributed by atoms with Crippen LogP contribution in [0.2, 0.25) is 0 Å². The van der Waals surface area contributed by atoms with Gasteiger partial charge in [-0.3, -0.25) is 4.90 Å². The maximum atomic E-state index is 13.8. The third-order valence-corrected chi connectivity index (χ3v) is 4.07. The number of hydrogen-bond acceptors (Lipinski definition) is 2. The Balaban J connectivity index is 0.00000200. The predicted octanol–water partition coefficient (Wildman–Crippen LogP) is 3.38. The van der Waals surface area contributed by atoms with Gasteiger partial charge >= 0.3 is 0 Å². The lowest BCUT2D eigenvalue weighted by molar-refractivity contribution is 0.193. The van der Waals surface area contributed by atoms with Gasteiger partial charge in [-0.05, 0) is 64.0 Å². The van der Waals surface area contributed by atoms with E-state index >= 15 is 0 Å². The first-order valence-electron chi connectivity index (χ1n) is 6.94. The van der Waals surface area contributed by atoms with Gasteiger partial charge in [-0.25, -0.2) is 8.78 Å². The maximum Gasteiger partial charge on any atom is 0.128 e. The van der Waals surface area contributed by atoms with Crippen molar-refractivity contribution in [2.45, 2.75) is 25.8 Å². The SMILES string of the molecule is CC(c1cc(F)ccc1F)N(C)CC1CCNCC1.Cl. The monoisotopic (exact) mass is 304 g/mol. The van der Waals surface area contributed by atoms with E-state index in [2.05, 4.69) is 10.2 Å². The highest BCUT2D eigenvalue weighted by atomic mass is 35.5. The van der Waals surface area contributed by atoms with E-state index in [1.807, 2.05) is 14.0 Å². The highest BCUT2D eigenvalue weighted by Gasteiger charge is 2.21. The van der Waals surface area contributed by atoms with Gasteiger partial charge in [-0.15, -0.1) is 12.4 Å². The minimum atomic E-state index is -0.376. The van der Waals surface area contributed by atoms with Crippen molar-refractivity contribution < 1.29 is 8.78 Å². The fraction of sp³-hybridized carbons (Fsp3) is 0.600. The highest BCUT2D eigenvalue weighted by Crippen LogP contribution is 2.25. The molecule has 1 N–H and O–H groups in total. The molecule has 114 valence electrons. The van der Waals surface area contributed by atoms with Crippen LogP contribution < -0.4 is 5.32 Å². The lowest BCUT2D eigenvalue weighted by Gasteiger charge is -2.31. The predicted molar refractivity (Wildman–Crippen MR) is 80.2 cm³/mol. The van der Waals surface area contributed by atoms with E-state index in [-0.39, 0.29) is 30.1 Å². The summed E-state index contributed by atoms with van der Waals surface area (Å²) in [7, 11) is 1.98. The van der Waals surface area contributed by atoms with Gasteiger partial charge in [0.2, 0.25) is 0 Å². The summed E-state index contributed by atoms with van der Waals surface area (Å²) in [6.45, 7) is 4.97. The van der Waals surface area contributed by atoms with E-state index in [1.54, 1.807) is 0 Å². The molecule has 1 aromatic rings. The summed E-state index contributed by atoms with van der Waals surface area (Å²) in [4.78, 5) is 2.12. The number of piperidine rings is 1. The molecular formula is C15H23ClF2N2. The van der Waals surface area contributed by atoms with Crippen molar-refractivity contribution in [2.75, 3.05) is 26.7 Å². The van der Waals surface area contributed by atoms with Gasteiger partial charge in [-0.2, -0.15) is 0 Å². The Morgan fingerprint density at radius 1 is 1.30 bits per heavy atom. The maximum absolute atomic E-state index is 13.8. The first-order valence-corrected chi connectivity index (χ1v) is 6.94. The van der Waals surface area contributed by atoms with Crippen molar-refractivity contribution in [3.05, 3.63) is 35.4 Å². The van der Waals surface area contributed by atoms with Gasteiger partial charge in [0, 0.05) is 18.2 Å². The summed E-state index contributed by atoms with van der Waals surface area (Å²) < 4.78 is 27.0. The first-order chi connectivity index (χ1) is 9.08. The third kappa shape index (κ3) is 4.40. The number of hydrogen-bond donors (Lipinski definition) is 1. The molecule has 2 nitrogen and oxygen atoms in total. The van der Waals surface area contributed by atoms with Gasteiger partial charge in [0.15, 0.2) is 0 Å². The summed E-state index contributed by atoms with van der Waals surface area (Å²) in [5, 5.41) is 3.34. The molecule has 0 amide bonds. The van der Waals surface area contributed by atoms with Crippen molar-refractivity contribution >= 4 is 12.4 Å². The van der Waals surface area contributed by atoms with Crippen molar-refractivity contribution in [1.82, 2.24) is 10.2 Å². The second-order valence-corrected chi connectivity index (χ2v) is 5.47. The minimum Gasteiger partial charge on any atom is -0.317 e. The Kier molecular flexibility index (Phi) is 6.86. The fourth-order valence-electron chi connectivity index (χ4n) is 2.70. The highest BCUT2D eigenvalue weighted by molar-refractivity contribution is 5.85. The Morgan fingerprint density at radius 3 is 2.60 bits per heavy atom. The molecule has 1 aliphatic heterocycles. The van der Waals surface area contributed by atoms with E-state index in [9.17, 15) is 8.78 Å². The van der Waals surface area contributed by atoms with Gasteiger partial charge in [0.05, 0.1) is 0 Å². The topological polar surface area (TPSA) is 15.3 Å². The lowest BCUT2D eigenvalue weighted by Crippen LogP contribution is -2.35. The molecule has 1 aromatic carbocycles. The van der Waals surface area contributed by atoms with Gasteiger partial charge in [0.25, 0.3) is 0 Å². The summed E-state index contributed by atoms with van der Waals surface area (Å²) in [6.07, 6.45) is 2.31. The molecule has 0 spiro atoms. The Bertz CT molecular complexity index is 422. The van der Waals surface area contributed by atoms with Crippen molar-refractivity contribution in [1.29, 1.82) is 0 Å². The van der Waals surface area contributed by atoms with Crippen LogP contribution in [0.15, 0.2) is 18.2 Å². The van der Waals surface area contributed by atoms with Crippen molar-refractivity contribution in [3.63, 3.8) is 0 Å². The van der Waals surface area contributed by atoms with E-state index in [1.165, 1.54) is 18.2 Å². The minimum absolute atomic E-state index is 0. The molecule has 1 atom stereocenters. The zero-order valence-electron chi connectivity index (χ0n) is 12.0. The summed E-state index contributed by atoms with van der Waals surface area (Å²) in [5.74, 6) is -0.0603. The van der Waals surface area contributed by atoms with E-state index in [0.717, 1.165) is 32.5 Å². The molecule has 1 aliphatic rings. The smallest absolute Gasteiger partial charge is 0.128 e. The zero-order chi connectivity index (χ0) is 13.8. The molecule has 1 fully saturated rings. The molecule has 1 heterocycles. The van der Waals surface area contributed by atoms with Crippen LogP contribution in [0.5, 0.6) is 0 Å². The third-order valence-electron chi connectivity index (χ3n) is 4.07. The second-order valence-electron chi connectivity index (χ2n) is 5.47. The van der Waals surface area contributed by atoms with Crippen LogP contribution in [0, 0.1) is 17.6 Å². The Labute approximate surface area is 126 Å². The average molecular weight is 305 g/mol. The molecule has 20 heavy (non-hydrogen) atoms. The molecule has 2 rings (SSSR count). The van der Waals surface area contributed by atoms with E-state index in [4.69, 9.17) is 0 Å². The van der Waals surface area contributed by atoms with Crippen LogP contribution in [0.3, 0.4) is 0 Å². The quantitative estimate of drug-likeness (QED) is 0.917. The zero-order valence-corrected chi connectivity index (χ0v) is 12.9. The van der Waals surface area contributed by atoms with Crippen molar-refractivity contribution in [3.8, 4) is 0 Å². The molecule has 1 unspecified atom stereocenters. The van der Waals surface area contributed by atoms with Crippen LogP contribution in [0.4, 0.5) is 8.78 Å². The van der Waals surface area contributed by atoms with Crippen LogP contribution in [0.1, 0.15) is 31.4 Å². The molecule has 0 bridgehead atoms. The number of halogens is 3. The van der Waals surface area contributed by atoms with Crippen LogP contribution in [0.25, 0.3) is 0 Å². The van der Waals surface area contributed by atoms with Gasteiger partial charge < -0.3 is 5.32 Å². The molecule has 0 radical (unpaired) electrons. The Hall–Kier alpha value is -0.710. The second kappa shape index (κ2) is 7.91. The summed E-state index contributed by atoms with van der Waals surface area (Å²) in [6, 6.07) is 3.57. The Morgan fingerprint density at radius 2 is 1.95 bits per heavy atom. The summed E-state index contributed by atoms with van der Waals surface area (Å²) >= 11 is 0. The average Bonchev–Trinajstić information content (AvgIpc) is 2.42. The van der Waals surface area contributed by atoms with E-state index < -0.39 is 0 Å². The molecule has 0 aliphatic carbocycles. The van der Waals surface area contributed by atoms with Crippen LogP contribution in [-0.4, -0.2) is 31.6 Å². The number of rotatable bonds is 4. The summed E-state index contributed by atoms with van der Waals surface area (Å²) in [5.41, 5.74) is 0.441. The number of nitrogens with one attached hydrogen (secondary N) is 1. The molecule has 5 heteroatoms. The molecule has 0 saturated carbocycles. The normalized spacial score (nSPS) is 17.9. The number of benzene rings is 1. The largest absolute Gasteiger partial charge is 0.317 e. The van der Waals surface area contributed by atoms with Crippen LogP contribution in [-0.2, 0) is 0 Å². The molecule has 0 aromatic heterocycles. The lowest BCUT2D eigenvalue weighted by atomic mass is 9.96. The first kappa shape index (κ1) is 17.3. The van der Waals surface area contributed by atoms with Gasteiger partial charge in [-0.1, -0.05) is 0 Å².